The third-order valence-electron chi connectivity index (χ3n) is 4.63. The van der Waals surface area contributed by atoms with Crippen LogP contribution in [0.1, 0.15) is 15.9 Å². The van der Waals surface area contributed by atoms with Crippen molar-refractivity contribution in [1.82, 2.24) is 0 Å². The lowest BCUT2D eigenvalue weighted by molar-refractivity contribution is 0.0474. The Hall–Kier alpha value is -3.93. The summed E-state index contributed by atoms with van der Waals surface area (Å²) in [4.78, 5) is 24.1. The van der Waals surface area contributed by atoms with Crippen molar-refractivity contribution in [1.29, 1.82) is 0 Å². The molecule has 4 aromatic rings. The third-order valence-corrected chi connectivity index (χ3v) is 4.63. The van der Waals surface area contributed by atoms with Crippen LogP contribution in [-0.4, -0.2) is 16.2 Å². The molecule has 4 aromatic carbocycles. The van der Waals surface area contributed by atoms with Gasteiger partial charge >= 0.3 is 5.97 Å². The van der Waals surface area contributed by atoms with Gasteiger partial charge in [0.1, 0.15) is 23.8 Å². The number of nitrogens with zero attached hydrogens (tertiary/aromatic N) is 1. The summed E-state index contributed by atoms with van der Waals surface area (Å²) in [5.74, 6) is -1.07. The van der Waals surface area contributed by atoms with Crippen LogP contribution in [0.2, 0.25) is 0 Å². The van der Waals surface area contributed by atoms with Gasteiger partial charge in [-0.2, -0.15) is 0 Å². The number of hydrogen-bond acceptors (Lipinski definition) is 6. The number of rotatable bonds is 4. The third kappa shape index (κ3) is 2.81. The van der Waals surface area contributed by atoms with Crippen LogP contribution >= 0.6 is 0 Å². The summed E-state index contributed by atoms with van der Waals surface area (Å²) in [5.41, 5.74) is 0.446. The van der Waals surface area contributed by atoms with E-state index in [1.54, 1.807) is 24.3 Å². The van der Waals surface area contributed by atoms with Gasteiger partial charge < -0.3 is 14.9 Å². The molecule has 0 spiro atoms. The minimum atomic E-state index is -0.743. The number of nitroso groups, excluding NO2 is 1. The van der Waals surface area contributed by atoms with E-state index in [1.807, 2.05) is 30.3 Å². The minimum Gasteiger partial charge on any atom is -0.507 e. The lowest BCUT2D eigenvalue weighted by atomic mass is 9.97. The van der Waals surface area contributed by atoms with Crippen molar-refractivity contribution in [2.75, 3.05) is 0 Å². The number of ether oxygens (including phenoxy) is 1. The van der Waals surface area contributed by atoms with Crippen molar-refractivity contribution in [3.05, 3.63) is 82.8 Å². The van der Waals surface area contributed by atoms with Crippen molar-refractivity contribution < 1.29 is 19.7 Å². The zero-order valence-electron chi connectivity index (χ0n) is 14.6. The molecule has 0 fully saturated rings. The highest BCUT2D eigenvalue weighted by Gasteiger charge is 2.22. The Morgan fingerprint density at radius 3 is 2.14 bits per heavy atom. The van der Waals surface area contributed by atoms with E-state index in [1.165, 1.54) is 12.1 Å². The highest BCUT2D eigenvalue weighted by molar-refractivity contribution is 6.17. The summed E-state index contributed by atoms with van der Waals surface area (Å²) in [7, 11) is 0. The summed E-state index contributed by atoms with van der Waals surface area (Å²) in [5, 5.41) is 25.3. The molecule has 0 radical (unpaired) electrons. The fourth-order valence-electron chi connectivity index (χ4n) is 3.26. The van der Waals surface area contributed by atoms with Gasteiger partial charge in [0.05, 0.1) is 10.9 Å². The van der Waals surface area contributed by atoms with Crippen molar-refractivity contribution in [2.45, 2.75) is 6.61 Å². The maximum absolute atomic E-state index is 12.5. The molecule has 2 N–H and O–H groups in total. The summed E-state index contributed by atoms with van der Waals surface area (Å²) >= 11 is 0. The Balaban J connectivity index is 1.84. The van der Waals surface area contributed by atoms with Crippen LogP contribution in [0.15, 0.2) is 71.9 Å². The van der Waals surface area contributed by atoms with Crippen molar-refractivity contribution in [3.8, 4) is 11.5 Å². The molecular weight excluding hydrogens is 358 g/mol. The van der Waals surface area contributed by atoms with E-state index in [-0.39, 0.29) is 40.1 Å². The lowest BCUT2D eigenvalue weighted by Gasteiger charge is -2.13. The molecule has 0 saturated heterocycles. The van der Waals surface area contributed by atoms with E-state index in [9.17, 15) is 19.9 Å². The standard InChI is InChI=1S/C22H15NO5/c24-20-14-8-4-5-9-15(14)21(25)18-16(20)10-11-17(19(18)23-27)22(26)28-12-13-6-2-1-3-7-13/h1-11,24-25H,12H2. The van der Waals surface area contributed by atoms with E-state index in [0.717, 1.165) is 5.56 Å². The number of hydrogen-bond donors (Lipinski definition) is 2. The number of esters is 1. The second-order valence-electron chi connectivity index (χ2n) is 6.28. The molecule has 0 saturated carbocycles. The predicted octanol–water partition coefficient (Wildman–Crippen LogP) is 5.16. The average molecular weight is 373 g/mol. The highest BCUT2D eigenvalue weighted by Crippen LogP contribution is 2.46. The number of carbonyl (C=O) groups is 1. The Kier molecular flexibility index (Phi) is 4.37. The monoisotopic (exact) mass is 373 g/mol. The van der Waals surface area contributed by atoms with Crippen LogP contribution in [0.3, 0.4) is 0 Å². The van der Waals surface area contributed by atoms with E-state index in [4.69, 9.17) is 4.74 Å². The largest absolute Gasteiger partial charge is 0.507 e. The van der Waals surface area contributed by atoms with Gasteiger partial charge in [-0.15, -0.1) is 4.91 Å². The number of phenols is 2. The average Bonchev–Trinajstić information content (AvgIpc) is 2.75. The minimum absolute atomic E-state index is 0.0142. The van der Waals surface area contributed by atoms with Gasteiger partial charge in [0, 0.05) is 16.2 Å². The van der Waals surface area contributed by atoms with Gasteiger partial charge in [-0.3, -0.25) is 0 Å². The van der Waals surface area contributed by atoms with Crippen molar-refractivity contribution in [3.63, 3.8) is 0 Å². The van der Waals surface area contributed by atoms with Gasteiger partial charge in [-0.05, 0) is 22.9 Å². The maximum atomic E-state index is 12.5. The topological polar surface area (TPSA) is 96.2 Å². The molecule has 6 heteroatoms. The molecule has 0 aliphatic carbocycles. The number of phenolic OH excluding ortho intramolecular Hbond substituents is 2. The SMILES string of the molecule is O=Nc1c(C(=O)OCc2ccccc2)ccc2c(O)c3ccccc3c(O)c12. The molecule has 0 heterocycles. The highest BCUT2D eigenvalue weighted by atomic mass is 16.5. The zero-order valence-corrected chi connectivity index (χ0v) is 14.6. The van der Waals surface area contributed by atoms with Gasteiger partial charge in [-0.1, -0.05) is 54.6 Å². The smallest absolute Gasteiger partial charge is 0.340 e. The molecule has 0 aliphatic rings. The molecule has 138 valence electrons. The van der Waals surface area contributed by atoms with Gasteiger partial charge in [0.2, 0.25) is 0 Å². The summed E-state index contributed by atoms with van der Waals surface area (Å²) < 4.78 is 5.28. The van der Waals surface area contributed by atoms with Crippen LogP contribution in [-0.2, 0) is 11.3 Å². The number of aromatic hydroxyl groups is 2. The quantitative estimate of drug-likeness (QED) is 0.223. The van der Waals surface area contributed by atoms with Crippen molar-refractivity contribution >= 4 is 33.2 Å². The first-order valence-corrected chi connectivity index (χ1v) is 8.55. The Morgan fingerprint density at radius 1 is 0.821 bits per heavy atom. The Bertz CT molecular complexity index is 1220. The first-order valence-electron chi connectivity index (χ1n) is 8.55. The summed E-state index contributed by atoms with van der Waals surface area (Å²) in [6.45, 7) is 0.0327. The Labute approximate surface area is 159 Å². The zero-order chi connectivity index (χ0) is 19.7. The number of carbonyl (C=O) groups excluding carboxylic acids is 1. The van der Waals surface area contributed by atoms with Crippen molar-refractivity contribution in [2.24, 2.45) is 5.18 Å². The molecule has 28 heavy (non-hydrogen) atoms. The molecule has 4 rings (SSSR count). The molecule has 0 atom stereocenters. The molecule has 0 unspecified atom stereocenters. The fraction of sp³-hybridized carbons (Fsp3) is 0.0455. The number of benzene rings is 4. The molecule has 0 bridgehead atoms. The van der Waals surface area contributed by atoms with Crippen LogP contribution in [0, 0.1) is 4.91 Å². The first-order chi connectivity index (χ1) is 13.6. The normalized spacial score (nSPS) is 10.9. The van der Waals surface area contributed by atoms with E-state index in [0.29, 0.717) is 10.8 Å². The summed E-state index contributed by atoms with van der Waals surface area (Å²) in [6, 6.07) is 18.6. The van der Waals surface area contributed by atoms with E-state index in [2.05, 4.69) is 5.18 Å². The van der Waals surface area contributed by atoms with E-state index >= 15 is 0 Å². The second kappa shape index (κ2) is 7.00. The lowest BCUT2D eigenvalue weighted by Crippen LogP contribution is -2.06. The van der Waals surface area contributed by atoms with Gasteiger partial charge in [0.15, 0.2) is 0 Å². The van der Waals surface area contributed by atoms with Gasteiger partial charge in [-0.25, -0.2) is 4.79 Å². The molecule has 6 nitrogen and oxygen atoms in total. The Morgan fingerprint density at radius 2 is 1.46 bits per heavy atom. The maximum Gasteiger partial charge on any atom is 0.340 e. The number of fused-ring (bicyclic) bond motifs is 2. The predicted molar refractivity (Wildman–Crippen MR) is 106 cm³/mol. The molecular formula is C22H15NO5. The fourth-order valence-corrected chi connectivity index (χ4v) is 3.26. The van der Waals surface area contributed by atoms with Crippen LogP contribution in [0.5, 0.6) is 11.5 Å². The van der Waals surface area contributed by atoms with E-state index < -0.39 is 5.97 Å². The van der Waals surface area contributed by atoms with Gasteiger partial charge in [0.25, 0.3) is 0 Å². The van der Waals surface area contributed by atoms with Crippen LogP contribution in [0.4, 0.5) is 5.69 Å². The molecule has 0 aliphatic heterocycles. The molecule has 0 aromatic heterocycles. The summed E-state index contributed by atoms with van der Waals surface area (Å²) in [6.07, 6.45) is 0. The molecule has 0 amide bonds. The van der Waals surface area contributed by atoms with Crippen LogP contribution in [0.25, 0.3) is 21.5 Å². The second-order valence-corrected chi connectivity index (χ2v) is 6.28. The first kappa shape index (κ1) is 17.5. The van der Waals surface area contributed by atoms with Crippen LogP contribution < -0.4 is 0 Å².